The van der Waals surface area contributed by atoms with Crippen LogP contribution in [0.2, 0.25) is 0 Å². The van der Waals surface area contributed by atoms with Crippen molar-refractivity contribution in [2.75, 3.05) is 11.4 Å². The SMILES string of the molecule is Cc1nccnc1C1(C)CN=C(N)N1c1ccccc1Br. The molecule has 3 rings (SSSR count). The highest BCUT2D eigenvalue weighted by atomic mass is 79.9. The lowest BCUT2D eigenvalue weighted by Gasteiger charge is -2.36. The lowest BCUT2D eigenvalue weighted by molar-refractivity contribution is 0.508. The van der Waals surface area contributed by atoms with Gasteiger partial charge in [0.25, 0.3) is 0 Å². The zero-order valence-corrected chi connectivity index (χ0v) is 13.5. The Labute approximate surface area is 132 Å². The van der Waals surface area contributed by atoms with Crippen LogP contribution in [0.25, 0.3) is 0 Å². The lowest BCUT2D eigenvalue weighted by Crippen LogP contribution is -2.48. The summed E-state index contributed by atoms with van der Waals surface area (Å²) >= 11 is 3.59. The van der Waals surface area contributed by atoms with Gasteiger partial charge in [-0.05, 0) is 41.9 Å². The number of nitrogens with two attached hydrogens (primary N) is 1. The predicted molar refractivity (Wildman–Crippen MR) is 87.2 cm³/mol. The number of aromatic nitrogens is 2. The molecule has 1 aromatic heterocycles. The summed E-state index contributed by atoms with van der Waals surface area (Å²) in [6.07, 6.45) is 3.41. The Hall–Kier alpha value is -1.95. The molecule has 0 aliphatic carbocycles. The molecule has 2 heterocycles. The topological polar surface area (TPSA) is 67.4 Å². The van der Waals surface area contributed by atoms with Crippen molar-refractivity contribution in [2.45, 2.75) is 19.4 Å². The Morgan fingerprint density at radius 3 is 2.67 bits per heavy atom. The van der Waals surface area contributed by atoms with Crippen LogP contribution in [-0.2, 0) is 5.54 Å². The van der Waals surface area contributed by atoms with Crippen LogP contribution >= 0.6 is 15.9 Å². The van der Waals surface area contributed by atoms with Gasteiger partial charge in [-0.2, -0.15) is 0 Å². The number of hydrogen-bond donors (Lipinski definition) is 1. The van der Waals surface area contributed by atoms with E-state index in [0.717, 1.165) is 21.5 Å². The van der Waals surface area contributed by atoms with Crippen LogP contribution in [-0.4, -0.2) is 22.5 Å². The van der Waals surface area contributed by atoms with E-state index in [4.69, 9.17) is 5.73 Å². The highest BCUT2D eigenvalue weighted by Crippen LogP contribution is 2.39. The van der Waals surface area contributed by atoms with Gasteiger partial charge in [0.15, 0.2) is 5.96 Å². The molecule has 0 fully saturated rings. The molecule has 1 aliphatic heterocycles. The molecule has 0 amide bonds. The molecule has 2 N–H and O–H groups in total. The second kappa shape index (κ2) is 5.11. The molecule has 1 unspecified atom stereocenters. The van der Waals surface area contributed by atoms with E-state index >= 15 is 0 Å². The Morgan fingerprint density at radius 1 is 1.24 bits per heavy atom. The van der Waals surface area contributed by atoms with Crippen molar-refractivity contribution in [3.63, 3.8) is 0 Å². The first-order valence-corrected chi connectivity index (χ1v) is 7.46. The van der Waals surface area contributed by atoms with Crippen molar-refractivity contribution in [1.29, 1.82) is 0 Å². The highest BCUT2D eigenvalue weighted by Gasteiger charge is 2.43. The molecule has 0 saturated carbocycles. The van der Waals surface area contributed by atoms with Crippen LogP contribution in [0.4, 0.5) is 5.69 Å². The maximum atomic E-state index is 6.15. The number of anilines is 1. The summed E-state index contributed by atoms with van der Waals surface area (Å²) in [5.74, 6) is 0.495. The molecular weight excluding hydrogens is 330 g/mol. The Morgan fingerprint density at radius 2 is 1.95 bits per heavy atom. The maximum absolute atomic E-state index is 6.15. The molecule has 0 saturated heterocycles. The third-order valence-corrected chi connectivity index (χ3v) is 4.43. The molecule has 0 bridgehead atoms. The predicted octanol–water partition coefficient (Wildman–Crippen LogP) is 2.60. The number of rotatable bonds is 2. The minimum atomic E-state index is -0.438. The normalized spacial score (nSPS) is 21.5. The van der Waals surface area contributed by atoms with E-state index in [9.17, 15) is 0 Å². The maximum Gasteiger partial charge on any atom is 0.196 e. The van der Waals surface area contributed by atoms with E-state index in [1.54, 1.807) is 12.4 Å². The Bertz CT molecular complexity index is 715. The van der Waals surface area contributed by atoms with Crippen molar-refractivity contribution >= 4 is 27.6 Å². The number of nitrogens with zero attached hydrogens (tertiary/aromatic N) is 4. The van der Waals surface area contributed by atoms with Gasteiger partial charge in [0.05, 0.1) is 23.6 Å². The van der Waals surface area contributed by atoms with Crippen molar-refractivity contribution in [3.05, 3.63) is 52.5 Å². The van der Waals surface area contributed by atoms with Crippen molar-refractivity contribution in [2.24, 2.45) is 10.7 Å². The molecular formula is C15H16BrN5. The molecule has 1 atom stereocenters. The first-order chi connectivity index (χ1) is 10.0. The summed E-state index contributed by atoms with van der Waals surface area (Å²) in [5.41, 5.74) is 8.47. The van der Waals surface area contributed by atoms with Crippen LogP contribution in [0.3, 0.4) is 0 Å². The van der Waals surface area contributed by atoms with Crippen molar-refractivity contribution in [3.8, 4) is 0 Å². The molecule has 1 aliphatic rings. The van der Waals surface area contributed by atoms with Gasteiger partial charge in [-0.15, -0.1) is 0 Å². The summed E-state index contributed by atoms with van der Waals surface area (Å²) in [6, 6.07) is 7.96. The molecule has 108 valence electrons. The summed E-state index contributed by atoms with van der Waals surface area (Å²) in [7, 11) is 0. The van der Waals surface area contributed by atoms with Gasteiger partial charge in [0.1, 0.15) is 5.54 Å². The third kappa shape index (κ3) is 2.19. The summed E-state index contributed by atoms with van der Waals surface area (Å²) in [5, 5.41) is 0. The van der Waals surface area contributed by atoms with Gasteiger partial charge in [-0.3, -0.25) is 19.9 Å². The van der Waals surface area contributed by atoms with E-state index in [1.807, 2.05) is 36.1 Å². The van der Waals surface area contributed by atoms with Gasteiger partial charge < -0.3 is 5.73 Å². The molecule has 0 radical (unpaired) electrons. The minimum Gasteiger partial charge on any atom is -0.369 e. The fraction of sp³-hybridized carbons (Fsp3) is 0.267. The van der Waals surface area contributed by atoms with E-state index in [0.29, 0.717) is 12.5 Å². The van der Waals surface area contributed by atoms with Gasteiger partial charge in [-0.1, -0.05) is 12.1 Å². The van der Waals surface area contributed by atoms with Gasteiger partial charge >= 0.3 is 0 Å². The van der Waals surface area contributed by atoms with Crippen LogP contribution in [0.5, 0.6) is 0 Å². The van der Waals surface area contributed by atoms with Gasteiger partial charge in [0.2, 0.25) is 0 Å². The number of aryl methyl sites for hydroxylation is 1. The monoisotopic (exact) mass is 345 g/mol. The van der Waals surface area contributed by atoms with Crippen molar-refractivity contribution < 1.29 is 0 Å². The van der Waals surface area contributed by atoms with Crippen molar-refractivity contribution in [1.82, 2.24) is 9.97 Å². The zero-order chi connectivity index (χ0) is 15.0. The minimum absolute atomic E-state index is 0.438. The molecule has 1 aromatic carbocycles. The Kier molecular flexibility index (Phi) is 3.41. The smallest absolute Gasteiger partial charge is 0.196 e. The second-order valence-electron chi connectivity index (χ2n) is 5.23. The number of hydrogen-bond acceptors (Lipinski definition) is 5. The van der Waals surface area contributed by atoms with E-state index < -0.39 is 5.54 Å². The quantitative estimate of drug-likeness (QED) is 0.908. The average molecular weight is 346 g/mol. The Balaban J connectivity index is 2.16. The summed E-state index contributed by atoms with van der Waals surface area (Å²) in [4.78, 5) is 15.3. The fourth-order valence-electron chi connectivity index (χ4n) is 2.77. The lowest BCUT2D eigenvalue weighted by atomic mass is 9.94. The van der Waals surface area contributed by atoms with E-state index in [-0.39, 0.29) is 0 Å². The fourth-order valence-corrected chi connectivity index (χ4v) is 3.23. The number of halogens is 1. The standard InChI is InChI=1S/C15H16BrN5/c1-10-13(19-8-7-18-10)15(2)9-20-14(17)21(15)12-6-4-3-5-11(12)16/h3-8H,9H2,1-2H3,(H2,17,20). The largest absolute Gasteiger partial charge is 0.369 e. The third-order valence-electron chi connectivity index (χ3n) is 3.76. The number of guanidine groups is 1. The number of aliphatic imine (C=N–C) groups is 1. The van der Waals surface area contributed by atoms with Gasteiger partial charge in [-0.25, -0.2) is 0 Å². The van der Waals surface area contributed by atoms with Crippen LogP contribution < -0.4 is 10.6 Å². The number of para-hydroxylation sites is 1. The van der Waals surface area contributed by atoms with Crippen LogP contribution in [0.1, 0.15) is 18.3 Å². The molecule has 5 nitrogen and oxygen atoms in total. The van der Waals surface area contributed by atoms with Gasteiger partial charge in [0, 0.05) is 16.9 Å². The average Bonchev–Trinajstić information content (AvgIpc) is 2.77. The summed E-state index contributed by atoms with van der Waals surface area (Å²) in [6.45, 7) is 4.60. The van der Waals surface area contributed by atoms with E-state index in [2.05, 4.69) is 37.8 Å². The molecule has 6 heteroatoms. The first kappa shape index (κ1) is 14.0. The van der Waals surface area contributed by atoms with Crippen LogP contribution in [0, 0.1) is 6.92 Å². The second-order valence-corrected chi connectivity index (χ2v) is 6.08. The first-order valence-electron chi connectivity index (χ1n) is 6.67. The zero-order valence-electron chi connectivity index (χ0n) is 11.9. The molecule has 21 heavy (non-hydrogen) atoms. The number of benzene rings is 1. The van der Waals surface area contributed by atoms with E-state index in [1.165, 1.54) is 0 Å². The molecule has 2 aromatic rings. The van der Waals surface area contributed by atoms with Crippen LogP contribution in [0.15, 0.2) is 46.1 Å². The highest BCUT2D eigenvalue weighted by molar-refractivity contribution is 9.10. The molecule has 0 spiro atoms. The summed E-state index contributed by atoms with van der Waals surface area (Å²) < 4.78 is 0.970.